The molecule has 1 heterocycles. The minimum absolute atomic E-state index is 0.334. The highest BCUT2D eigenvalue weighted by Crippen LogP contribution is 2.18. The Morgan fingerprint density at radius 3 is 2.76 bits per heavy atom. The van der Waals surface area contributed by atoms with E-state index in [2.05, 4.69) is 32.3 Å². The van der Waals surface area contributed by atoms with Crippen LogP contribution < -0.4 is 5.32 Å². The van der Waals surface area contributed by atoms with Gasteiger partial charge in [-0.25, -0.2) is 4.98 Å². The summed E-state index contributed by atoms with van der Waals surface area (Å²) in [6, 6.07) is 13.4. The number of halogens is 1. The number of pyridine rings is 1. The highest BCUT2D eigenvalue weighted by Gasteiger charge is 2.19. The number of rotatable bonds is 4. The van der Waals surface area contributed by atoms with Crippen LogP contribution in [0.1, 0.15) is 11.1 Å². The lowest BCUT2D eigenvalue weighted by Gasteiger charge is -2.11. The van der Waals surface area contributed by atoms with Crippen molar-refractivity contribution in [2.45, 2.75) is 13.3 Å². The Hall–Kier alpha value is -2.19. The predicted molar refractivity (Wildman–Crippen MR) is 84.6 cm³/mol. The number of nitrogens with one attached hydrogen (secondary N) is 1. The van der Waals surface area contributed by atoms with Crippen molar-refractivity contribution in [3.05, 3.63) is 58.2 Å². The van der Waals surface area contributed by atoms with Crippen LogP contribution in [0.5, 0.6) is 0 Å². The molecule has 21 heavy (non-hydrogen) atoms. The van der Waals surface area contributed by atoms with Crippen LogP contribution in [0.25, 0.3) is 0 Å². The van der Waals surface area contributed by atoms with Gasteiger partial charge in [-0.05, 0) is 46.5 Å². The van der Waals surface area contributed by atoms with E-state index in [1.807, 2.05) is 43.3 Å². The van der Waals surface area contributed by atoms with Gasteiger partial charge in [0, 0.05) is 10.7 Å². The van der Waals surface area contributed by atoms with E-state index in [1.54, 1.807) is 6.20 Å². The Bertz CT molecular complexity index is 680. The van der Waals surface area contributed by atoms with Crippen molar-refractivity contribution in [3.63, 3.8) is 0 Å². The van der Waals surface area contributed by atoms with E-state index in [1.165, 1.54) is 0 Å². The first kappa shape index (κ1) is 15.2. The van der Waals surface area contributed by atoms with Gasteiger partial charge in [0.05, 0.1) is 6.07 Å². The average molecular weight is 344 g/mol. The minimum Gasteiger partial charge on any atom is -0.309 e. The summed E-state index contributed by atoms with van der Waals surface area (Å²) >= 11 is 3.32. The fourth-order valence-corrected chi connectivity index (χ4v) is 2.37. The zero-order valence-electron chi connectivity index (χ0n) is 11.5. The summed E-state index contributed by atoms with van der Waals surface area (Å²) in [5.74, 6) is -0.590. The molecule has 0 saturated carbocycles. The lowest BCUT2D eigenvalue weighted by atomic mass is 10.00. The molecule has 1 atom stereocenters. The van der Waals surface area contributed by atoms with Gasteiger partial charge in [0.15, 0.2) is 0 Å². The molecule has 0 aliphatic heterocycles. The molecule has 1 amide bonds. The van der Waals surface area contributed by atoms with E-state index in [0.29, 0.717) is 12.2 Å². The highest BCUT2D eigenvalue weighted by atomic mass is 79.9. The maximum absolute atomic E-state index is 12.2. The predicted octanol–water partition coefficient (Wildman–Crippen LogP) is 3.47. The molecule has 5 heteroatoms. The van der Waals surface area contributed by atoms with Gasteiger partial charge in [0.1, 0.15) is 11.7 Å². The third kappa shape index (κ3) is 4.14. The van der Waals surface area contributed by atoms with E-state index in [-0.39, 0.29) is 5.91 Å². The lowest BCUT2D eigenvalue weighted by Crippen LogP contribution is -2.24. The monoisotopic (exact) mass is 343 g/mol. The number of carbonyl (C=O) groups is 1. The molecule has 0 spiro atoms. The summed E-state index contributed by atoms with van der Waals surface area (Å²) in [5, 5.41) is 11.9. The van der Waals surface area contributed by atoms with Gasteiger partial charge in [-0.15, -0.1) is 0 Å². The number of amides is 1. The van der Waals surface area contributed by atoms with E-state index in [0.717, 1.165) is 15.6 Å². The van der Waals surface area contributed by atoms with Crippen LogP contribution >= 0.6 is 15.9 Å². The van der Waals surface area contributed by atoms with Crippen molar-refractivity contribution >= 4 is 27.7 Å². The maximum Gasteiger partial charge on any atom is 0.243 e. The summed E-state index contributed by atoms with van der Waals surface area (Å²) in [5.41, 5.74) is 1.80. The molecule has 1 aromatic heterocycles. The van der Waals surface area contributed by atoms with Crippen LogP contribution in [0.2, 0.25) is 0 Å². The molecule has 2 aromatic rings. The SMILES string of the molecule is Cc1cc(Br)cnc1NC(=O)C(C#N)Cc1ccccc1. The number of nitriles is 1. The van der Waals surface area contributed by atoms with Gasteiger partial charge in [-0.1, -0.05) is 30.3 Å². The fourth-order valence-electron chi connectivity index (χ4n) is 1.92. The number of anilines is 1. The van der Waals surface area contributed by atoms with Crippen molar-refractivity contribution in [1.82, 2.24) is 4.98 Å². The molecule has 0 aliphatic carbocycles. The highest BCUT2D eigenvalue weighted by molar-refractivity contribution is 9.10. The molecule has 0 aliphatic rings. The van der Waals surface area contributed by atoms with Crippen LogP contribution in [0.4, 0.5) is 5.82 Å². The third-order valence-electron chi connectivity index (χ3n) is 3.04. The van der Waals surface area contributed by atoms with Crippen molar-refractivity contribution in [1.29, 1.82) is 5.26 Å². The van der Waals surface area contributed by atoms with E-state index >= 15 is 0 Å². The second-order valence-corrected chi connectivity index (χ2v) is 5.60. The van der Waals surface area contributed by atoms with Crippen molar-refractivity contribution in [3.8, 4) is 6.07 Å². The van der Waals surface area contributed by atoms with Crippen LogP contribution in [-0.2, 0) is 11.2 Å². The molecular weight excluding hydrogens is 330 g/mol. The van der Waals surface area contributed by atoms with Crippen LogP contribution in [0.15, 0.2) is 47.1 Å². The molecule has 1 unspecified atom stereocenters. The third-order valence-corrected chi connectivity index (χ3v) is 3.48. The number of aryl methyl sites for hydroxylation is 1. The summed E-state index contributed by atoms with van der Waals surface area (Å²) < 4.78 is 0.846. The molecule has 2 rings (SSSR count). The first-order valence-corrected chi connectivity index (χ1v) is 7.26. The normalized spacial score (nSPS) is 11.5. The number of nitrogens with zero attached hydrogens (tertiary/aromatic N) is 2. The first-order chi connectivity index (χ1) is 10.1. The quantitative estimate of drug-likeness (QED) is 0.924. The zero-order valence-corrected chi connectivity index (χ0v) is 13.1. The van der Waals surface area contributed by atoms with E-state index in [9.17, 15) is 10.1 Å². The maximum atomic E-state index is 12.2. The van der Waals surface area contributed by atoms with Crippen molar-refractivity contribution in [2.24, 2.45) is 5.92 Å². The minimum atomic E-state index is -0.739. The number of carbonyl (C=O) groups excluding carboxylic acids is 1. The summed E-state index contributed by atoms with van der Waals surface area (Å²) in [6.45, 7) is 1.85. The Morgan fingerprint density at radius 2 is 2.14 bits per heavy atom. The lowest BCUT2D eigenvalue weighted by molar-refractivity contribution is -0.118. The summed E-state index contributed by atoms with van der Waals surface area (Å²) in [6.07, 6.45) is 2.00. The molecule has 0 radical (unpaired) electrons. The topological polar surface area (TPSA) is 65.8 Å². The molecule has 0 saturated heterocycles. The smallest absolute Gasteiger partial charge is 0.243 e. The molecule has 106 valence electrons. The van der Waals surface area contributed by atoms with Gasteiger partial charge in [0.2, 0.25) is 5.91 Å². The first-order valence-electron chi connectivity index (χ1n) is 6.46. The van der Waals surface area contributed by atoms with Gasteiger partial charge in [-0.3, -0.25) is 4.79 Å². The van der Waals surface area contributed by atoms with Crippen LogP contribution in [0, 0.1) is 24.2 Å². The Balaban J connectivity index is 2.09. The van der Waals surface area contributed by atoms with E-state index in [4.69, 9.17) is 0 Å². The molecule has 4 nitrogen and oxygen atoms in total. The molecule has 1 N–H and O–H groups in total. The molecule has 0 bridgehead atoms. The van der Waals surface area contributed by atoms with Crippen molar-refractivity contribution in [2.75, 3.05) is 5.32 Å². The van der Waals surface area contributed by atoms with Crippen LogP contribution in [-0.4, -0.2) is 10.9 Å². The second-order valence-electron chi connectivity index (χ2n) is 4.68. The molecular formula is C16H14BrN3O. The average Bonchev–Trinajstić information content (AvgIpc) is 2.48. The second kappa shape index (κ2) is 7.00. The van der Waals surface area contributed by atoms with Gasteiger partial charge < -0.3 is 5.32 Å². The van der Waals surface area contributed by atoms with Gasteiger partial charge >= 0.3 is 0 Å². The Labute approximate surface area is 132 Å². The number of benzene rings is 1. The Morgan fingerprint density at radius 1 is 1.43 bits per heavy atom. The summed E-state index contributed by atoms with van der Waals surface area (Å²) in [7, 11) is 0. The fraction of sp³-hybridized carbons (Fsp3) is 0.188. The summed E-state index contributed by atoms with van der Waals surface area (Å²) in [4.78, 5) is 16.4. The Kier molecular flexibility index (Phi) is 5.07. The van der Waals surface area contributed by atoms with Gasteiger partial charge in [-0.2, -0.15) is 5.26 Å². The standard InChI is InChI=1S/C16H14BrN3O/c1-11-7-14(17)10-19-15(11)20-16(21)13(9-18)8-12-5-3-2-4-6-12/h2-7,10,13H,8H2,1H3,(H,19,20,21). The molecule has 1 aromatic carbocycles. The number of aromatic nitrogens is 1. The van der Waals surface area contributed by atoms with E-state index < -0.39 is 5.92 Å². The molecule has 0 fully saturated rings. The largest absolute Gasteiger partial charge is 0.309 e. The number of hydrogen-bond donors (Lipinski definition) is 1. The van der Waals surface area contributed by atoms with Gasteiger partial charge in [0.25, 0.3) is 0 Å². The van der Waals surface area contributed by atoms with Crippen LogP contribution in [0.3, 0.4) is 0 Å². The zero-order chi connectivity index (χ0) is 15.2. The van der Waals surface area contributed by atoms with Crippen molar-refractivity contribution < 1.29 is 4.79 Å². The number of hydrogen-bond acceptors (Lipinski definition) is 3.